The molecule has 2 aliphatic rings. The minimum absolute atomic E-state index is 0.110. The van der Waals surface area contributed by atoms with E-state index < -0.39 is 0 Å². The first-order valence-corrected chi connectivity index (χ1v) is 8.32. The lowest BCUT2D eigenvalue weighted by molar-refractivity contribution is 0.0234. The number of carbonyl (C=O) groups excluding carboxylic acids is 1. The van der Waals surface area contributed by atoms with E-state index in [2.05, 4.69) is 16.4 Å². The second-order valence-electron chi connectivity index (χ2n) is 6.69. The third kappa shape index (κ3) is 2.67. The summed E-state index contributed by atoms with van der Waals surface area (Å²) < 4.78 is 7.27. The minimum atomic E-state index is -0.260. The second kappa shape index (κ2) is 5.94. The first-order chi connectivity index (χ1) is 11.6. The summed E-state index contributed by atoms with van der Waals surface area (Å²) in [5.74, 6) is 1.04. The Balaban J connectivity index is 1.60. The van der Waals surface area contributed by atoms with Crippen LogP contribution in [0.15, 0.2) is 30.7 Å². The molecule has 1 aliphatic heterocycles. The predicted octanol–water partition coefficient (Wildman–Crippen LogP) is 1.60. The summed E-state index contributed by atoms with van der Waals surface area (Å²) in [4.78, 5) is 16.6. The topological polar surface area (TPSA) is 76.4 Å². The monoisotopic (exact) mass is 327 g/mol. The van der Waals surface area contributed by atoms with Gasteiger partial charge in [0.2, 0.25) is 0 Å². The van der Waals surface area contributed by atoms with Gasteiger partial charge in [-0.15, -0.1) is 0 Å². The number of carbonyl (C=O) groups is 1. The van der Waals surface area contributed by atoms with E-state index in [0.29, 0.717) is 25.1 Å². The third-order valence-electron chi connectivity index (χ3n) is 5.03. The van der Waals surface area contributed by atoms with Crippen LogP contribution in [-0.2, 0) is 13.5 Å². The molecule has 0 radical (unpaired) electrons. The lowest BCUT2D eigenvalue weighted by Gasteiger charge is -2.38. The van der Waals surface area contributed by atoms with Gasteiger partial charge in [-0.1, -0.05) is 6.07 Å². The number of ether oxygens (including phenoxy) is 1. The summed E-state index contributed by atoms with van der Waals surface area (Å²) in [7, 11) is 1.80. The molecule has 24 heavy (non-hydrogen) atoms. The molecule has 6 nitrogen and oxygen atoms in total. The fourth-order valence-corrected chi connectivity index (χ4v) is 3.57. The van der Waals surface area contributed by atoms with Gasteiger partial charge in [0.25, 0.3) is 5.91 Å². The zero-order valence-corrected chi connectivity index (χ0v) is 13.6. The van der Waals surface area contributed by atoms with E-state index >= 15 is 0 Å². The zero-order valence-electron chi connectivity index (χ0n) is 13.6. The Labute approximate surface area is 140 Å². The summed E-state index contributed by atoms with van der Waals surface area (Å²) in [6, 6.07) is 6.02. The first-order valence-electron chi connectivity index (χ1n) is 8.32. The zero-order chi connectivity index (χ0) is 16.7. The Morgan fingerprint density at radius 3 is 3.00 bits per heavy atom. The quantitative estimate of drug-likeness (QED) is 0.894. The van der Waals surface area contributed by atoms with Gasteiger partial charge in [0.15, 0.2) is 0 Å². The van der Waals surface area contributed by atoms with Crippen molar-refractivity contribution in [3.63, 3.8) is 0 Å². The smallest absolute Gasteiger partial charge is 0.270 e. The molecular weight excluding hydrogens is 306 g/mol. The summed E-state index contributed by atoms with van der Waals surface area (Å²) >= 11 is 0. The number of amides is 1. The summed E-state index contributed by atoms with van der Waals surface area (Å²) in [6.07, 6.45) is 5.25. The number of fused-ring (bicyclic) bond motifs is 1. The molecule has 2 heterocycles. The van der Waals surface area contributed by atoms with Crippen molar-refractivity contribution in [3.8, 4) is 5.75 Å². The van der Waals surface area contributed by atoms with E-state index in [1.54, 1.807) is 24.1 Å². The van der Waals surface area contributed by atoms with Crippen LogP contribution in [0.25, 0.3) is 0 Å². The highest BCUT2D eigenvalue weighted by atomic mass is 16.5. The maximum Gasteiger partial charge on any atom is 0.270 e. The molecule has 0 bridgehead atoms. The Bertz CT molecular complexity index is 765. The molecule has 1 saturated carbocycles. The Hall–Kier alpha value is -2.34. The fourth-order valence-electron chi connectivity index (χ4n) is 3.57. The van der Waals surface area contributed by atoms with Gasteiger partial charge in [-0.2, -0.15) is 0 Å². The molecule has 1 atom stereocenters. The summed E-state index contributed by atoms with van der Waals surface area (Å²) in [5.41, 5.74) is 2.79. The molecule has 1 aromatic carbocycles. The van der Waals surface area contributed by atoms with E-state index in [9.17, 15) is 9.90 Å². The highest BCUT2D eigenvalue weighted by molar-refractivity contribution is 5.92. The van der Waals surface area contributed by atoms with Crippen LogP contribution in [0.3, 0.4) is 0 Å². The van der Waals surface area contributed by atoms with E-state index in [4.69, 9.17) is 4.74 Å². The molecule has 1 amide bonds. The van der Waals surface area contributed by atoms with Gasteiger partial charge < -0.3 is 19.7 Å². The number of aliphatic hydroxyl groups is 1. The van der Waals surface area contributed by atoms with Crippen LogP contribution in [0.1, 0.15) is 40.5 Å². The van der Waals surface area contributed by atoms with Crippen molar-refractivity contribution < 1.29 is 14.6 Å². The fraction of sp³-hybridized carbons (Fsp3) is 0.444. The summed E-state index contributed by atoms with van der Waals surface area (Å²) in [5, 5.41) is 12.8. The van der Waals surface area contributed by atoms with E-state index in [-0.39, 0.29) is 24.0 Å². The lowest BCUT2D eigenvalue weighted by atomic mass is 9.75. The van der Waals surface area contributed by atoms with Crippen molar-refractivity contribution in [3.05, 3.63) is 47.5 Å². The number of nitrogens with one attached hydrogen (secondary N) is 1. The standard InChI is InChI=1S/C18H21N3O3/c1-21-10-19-9-15(21)18(23)20-17(13-7-14(22)8-13)12-2-3-16-11(6-12)4-5-24-16/h2-3,6,9-10,13-14,17,22H,4-5,7-8H2,1H3,(H,20,23)/t13?,14?,17-/m1/s1. The molecule has 1 fully saturated rings. The van der Waals surface area contributed by atoms with Gasteiger partial charge in [0, 0.05) is 13.5 Å². The predicted molar refractivity (Wildman–Crippen MR) is 87.8 cm³/mol. The minimum Gasteiger partial charge on any atom is -0.493 e. The second-order valence-corrected chi connectivity index (χ2v) is 6.69. The Morgan fingerprint density at radius 2 is 2.29 bits per heavy atom. The van der Waals surface area contributed by atoms with Crippen molar-refractivity contribution in [2.75, 3.05) is 6.61 Å². The average Bonchev–Trinajstić information content (AvgIpc) is 3.17. The highest BCUT2D eigenvalue weighted by Crippen LogP contribution is 2.39. The van der Waals surface area contributed by atoms with Crippen molar-refractivity contribution >= 4 is 5.91 Å². The van der Waals surface area contributed by atoms with Crippen LogP contribution in [0.2, 0.25) is 0 Å². The largest absolute Gasteiger partial charge is 0.493 e. The number of nitrogens with zero attached hydrogens (tertiary/aromatic N) is 2. The SMILES string of the molecule is Cn1cncc1C(=O)N[C@H](c1ccc2c(c1)CCO2)C1CC(O)C1. The molecule has 1 aromatic heterocycles. The third-order valence-corrected chi connectivity index (χ3v) is 5.03. The van der Waals surface area contributed by atoms with E-state index in [1.165, 1.54) is 5.56 Å². The van der Waals surface area contributed by atoms with Crippen molar-refractivity contribution in [2.24, 2.45) is 13.0 Å². The van der Waals surface area contributed by atoms with Crippen LogP contribution in [0.5, 0.6) is 5.75 Å². The number of hydrogen-bond donors (Lipinski definition) is 2. The average molecular weight is 327 g/mol. The molecule has 0 unspecified atom stereocenters. The molecule has 2 N–H and O–H groups in total. The number of aromatic nitrogens is 2. The van der Waals surface area contributed by atoms with Gasteiger partial charge in [-0.05, 0) is 42.0 Å². The van der Waals surface area contributed by atoms with Crippen molar-refractivity contribution in [1.29, 1.82) is 0 Å². The van der Waals surface area contributed by atoms with Crippen LogP contribution in [0.4, 0.5) is 0 Å². The van der Waals surface area contributed by atoms with Crippen LogP contribution >= 0.6 is 0 Å². The lowest BCUT2D eigenvalue weighted by Crippen LogP contribution is -2.41. The first kappa shape index (κ1) is 15.2. The molecule has 126 valence electrons. The van der Waals surface area contributed by atoms with Gasteiger partial charge >= 0.3 is 0 Å². The molecule has 1 aliphatic carbocycles. The maximum absolute atomic E-state index is 12.6. The molecule has 4 rings (SSSR count). The van der Waals surface area contributed by atoms with Crippen LogP contribution < -0.4 is 10.1 Å². The molecule has 0 saturated heterocycles. The number of imidazole rings is 1. The van der Waals surface area contributed by atoms with Crippen LogP contribution in [-0.4, -0.2) is 33.3 Å². The number of rotatable bonds is 4. The number of aryl methyl sites for hydroxylation is 1. The Morgan fingerprint density at radius 1 is 1.46 bits per heavy atom. The van der Waals surface area contributed by atoms with Crippen molar-refractivity contribution in [2.45, 2.75) is 31.4 Å². The molecule has 0 spiro atoms. The molecule has 2 aromatic rings. The normalized spacial score (nSPS) is 23.1. The van der Waals surface area contributed by atoms with Gasteiger partial charge in [0.05, 0.1) is 31.3 Å². The van der Waals surface area contributed by atoms with E-state index in [0.717, 1.165) is 17.7 Å². The highest BCUT2D eigenvalue weighted by Gasteiger charge is 2.36. The van der Waals surface area contributed by atoms with Gasteiger partial charge in [0.1, 0.15) is 11.4 Å². The van der Waals surface area contributed by atoms with Crippen LogP contribution in [0, 0.1) is 5.92 Å². The van der Waals surface area contributed by atoms with Gasteiger partial charge in [-0.3, -0.25) is 4.79 Å². The molecular formula is C18H21N3O3. The maximum atomic E-state index is 12.6. The molecule has 6 heteroatoms. The Kier molecular flexibility index (Phi) is 3.76. The number of aliphatic hydroxyl groups excluding tert-OH is 1. The van der Waals surface area contributed by atoms with Gasteiger partial charge in [-0.25, -0.2) is 4.98 Å². The van der Waals surface area contributed by atoms with E-state index in [1.807, 2.05) is 12.1 Å². The number of benzene rings is 1. The number of hydrogen-bond acceptors (Lipinski definition) is 4. The van der Waals surface area contributed by atoms with Crippen molar-refractivity contribution in [1.82, 2.24) is 14.9 Å². The summed E-state index contributed by atoms with van der Waals surface area (Å²) in [6.45, 7) is 0.715.